The monoisotopic (exact) mass is 232 g/mol. The summed E-state index contributed by atoms with van der Waals surface area (Å²) in [4.78, 5) is 0. The Morgan fingerprint density at radius 3 is 2.65 bits per heavy atom. The fourth-order valence-electron chi connectivity index (χ4n) is 1.61. The van der Waals surface area contributed by atoms with E-state index >= 15 is 0 Å². The van der Waals surface area contributed by atoms with Crippen LogP contribution in [-0.4, -0.2) is 34.1 Å². The van der Waals surface area contributed by atoms with Gasteiger partial charge in [0.25, 0.3) is 0 Å². The zero-order valence-electron chi connectivity index (χ0n) is 9.66. The van der Waals surface area contributed by atoms with Crippen LogP contribution in [0.2, 0.25) is 0 Å². The summed E-state index contributed by atoms with van der Waals surface area (Å²) < 4.78 is 6.81. The third-order valence-corrected chi connectivity index (χ3v) is 2.47. The second-order valence-corrected chi connectivity index (χ2v) is 3.76. The number of methoxy groups -OCH3 is 1. The molecule has 0 atom stereocenters. The van der Waals surface area contributed by atoms with Crippen LogP contribution in [-0.2, 0) is 0 Å². The van der Waals surface area contributed by atoms with E-state index in [4.69, 9.17) is 14.8 Å². The quantitative estimate of drug-likeness (QED) is 0.723. The zero-order chi connectivity index (χ0) is 12.4. The molecule has 0 aliphatic carbocycles. The van der Waals surface area contributed by atoms with E-state index in [2.05, 4.69) is 5.10 Å². The number of rotatable bonds is 3. The third-order valence-electron chi connectivity index (χ3n) is 2.47. The summed E-state index contributed by atoms with van der Waals surface area (Å²) in [6.45, 7) is 1.95. The van der Waals surface area contributed by atoms with E-state index in [1.165, 1.54) is 7.11 Å². The molecular formula is C11H13BN2O3. The van der Waals surface area contributed by atoms with Gasteiger partial charge >= 0.3 is 7.12 Å². The van der Waals surface area contributed by atoms with E-state index in [1.807, 2.05) is 13.1 Å². The molecule has 0 amide bonds. The number of aromatic nitrogens is 2. The summed E-state index contributed by atoms with van der Waals surface area (Å²) in [6.07, 6.45) is 3.63. The standard InChI is InChI=1S/C11H13BN2O3/c1-8-6-13-14(7-8)9-3-4-10(12(15)16)11(5-9)17-2/h3-7,15-16H,1-2H3. The Morgan fingerprint density at radius 1 is 1.35 bits per heavy atom. The summed E-state index contributed by atoms with van der Waals surface area (Å²) in [5.74, 6) is 0.422. The lowest BCUT2D eigenvalue weighted by Crippen LogP contribution is -2.31. The molecule has 0 saturated carbocycles. The second-order valence-electron chi connectivity index (χ2n) is 3.76. The molecule has 0 saturated heterocycles. The maximum Gasteiger partial charge on any atom is 0.492 e. The maximum absolute atomic E-state index is 9.15. The smallest absolute Gasteiger partial charge is 0.492 e. The molecule has 0 radical (unpaired) electrons. The Balaban J connectivity index is 2.44. The summed E-state index contributed by atoms with van der Waals surface area (Å²) in [6, 6.07) is 5.07. The van der Waals surface area contributed by atoms with E-state index in [9.17, 15) is 0 Å². The highest BCUT2D eigenvalue weighted by molar-refractivity contribution is 6.59. The molecule has 0 aliphatic rings. The van der Waals surface area contributed by atoms with Crippen LogP contribution >= 0.6 is 0 Å². The van der Waals surface area contributed by atoms with Crippen molar-refractivity contribution in [3.63, 3.8) is 0 Å². The van der Waals surface area contributed by atoms with Crippen molar-refractivity contribution in [3.05, 3.63) is 36.2 Å². The van der Waals surface area contributed by atoms with E-state index < -0.39 is 7.12 Å². The van der Waals surface area contributed by atoms with Crippen molar-refractivity contribution in [2.45, 2.75) is 6.92 Å². The van der Waals surface area contributed by atoms with Gasteiger partial charge in [-0.3, -0.25) is 0 Å². The van der Waals surface area contributed by atoms with Crippen molar-refractivity contribution in [1.29, 1.82) is 0 Å². The normalized spacial score (nSPS) is 10.4. The number of hydrogen-bond acceptors (Lipinski definition) is 4. The van der Waals surface area contributed by atoms with Gasteiger partial charge < -0.3 is 14.8 Å². The van der Waals surface area contributed by atoms with Crippen LogP contribution < -0.4 is 10.2 Å². The molecule has 2 N–H and O–H groups in total. The van der Waals surface area contributed by atoms with E-state index in [1.54, 1.807) is 29.1 Å². The SMILES string of the molecule is COc1cc(-n2cc(C)cn2)ccc1B(O)O. The van der Waals surface area contributed by atoms with E-state index in [-0.39, 0.29) is 0 Å². The highest BCUT2D eigenvalue weighted by atomic mass is 16.5. The Kier molecular flexibility index (Phi) is 3.17. The van der Waals surface area contributed by atoms with E-state index in [0.29, 0.717) is 11.2 Å². The van der Waals surface area contributed by atoms with Gasteiger partial charge in [-0.1, -0.05) is 6.07 Å². The maximum atomic E-state index is 9.15. The third kappa shape index (κ3) is 2.32. The van der Waals surface area contributed by atoms with Crippen LogP contribution in [0.15, 0.2) is 30.6 Å². The molecule has 1 aromatic carbocycles. The lowest BCUT2D eigenvalue weighted by atomic mass is 9.79. The molecule has 0 spiro atoms. The predicted molar refractivity (Wildman–Crippen MR) is 64.7 cm³/mol. The fraction of sp³-hybridized carbons (Fsp3) is 0.182. The van der Waals surface area contributed by atoms with Gasteiger partial charge in [0.1, 0.15) is 5.75 Å². The van der Waals surface area contributed by atoms with Crippen molar-refractivity contribution in [2.24, 2.45) is 0 Å². The Bertz CT molecular complexity index is 525. The van der Waals surface area contributed by atoms with Crippen molar-refractivity contribution in [2.75, 3.05) is 7.11 Å². The van der Waals surface area contributed by atoms with Crippen molar-refractivity contribution >= 4 is 12.6 Å². The van der Waals surface area contributed by atoms with Crippen LogP contribution in [0.25, 0.3) is 5.69 Å². The highest BCUT2D eigenvalue weighted by Gasteiger charge is 2.17. The van der Waals surface area contributed by atoms with Crippen LogP contribution in [0.4, 0.5) is 0 Å². The topological polar surface area (TPSA) is 67.5 Å². The summed E-state index contributed by atoms with van der Waals surface area (Å²) >= 11 is 0. The second kappa shape index (κ2) is 4.61. The molecule has 0 unspecified atom stereocenters. The predicted octanol–water partition coefficient (Wildman–Crippen LogP) is -0.131. The zero-order valence-corrected chi connectivity index (χ0v) is 9.66. The fourth-order valence-corrected chi connectivity index (χ4v) is 1.61. The van der Waals surface area contributed by atoms with Gasteiger partial charge in [0.2, 0.25) is 0 Å². The summed E-state index contributed by atoms with van der Waals surface area (Å²) in [5, 5.41) is 22.5. The van der Waals surface area contributed by atoms with Crippen LogP contribution in [0, 0.1) is 6.92 Å². The molecule has 1 heterocycles. The van der Waals surface area contributed by atoms with Gasteiger partial charge in [-0.2, -0.15) is 5.10 Å². The molecule has 5 nitrogen and oxygen atoms in total. The lowest BCUT2D eigenvalue weighted by Gasteiger charge is -2.10. The number of nitrogens with zero attached hydrogens (tertiary/aromatic N) is 2. The van der Waals surface area contributed by atoms with Crippen LogP contribution in [0.3, 0.4) is 0 Å². The van der Waals surface area contributed by atoms with Crippen molar-refractivity contribution < 1.29 is 14.8 Å². The lowest BCUT2D eigenvalue weighted by molar-refractivity contribution is 0.403. The molecule has 2 rings (SSSR count). The Labute approximate surface area is 99.4 Å². The minimum Gasteiger partial charge on any atom is -0.497 e. The average Bonchev–Trinajstić information content (AvgIpc) is 2.75. The van der Waals surface area contributed by atoms with Gasteiger partial charge in [0.05, 0.1) is 19.0 Å². The minimum absolute atomic E-state index is 0.333. The first-order chi connectivity index (χ1) is 8.11. The number of ether oxygens (including phenoxy) is 1. The number of hydrogen-bond donors (Lipinski definition) is 2. The molecule has 0 bridgehead atoms. The summed E-state index contributed by atoms with van der Waals surface area (Å²) in [5.41, 5.74) is 2.19. The molecular weight excluding hydrogens is 219 g/mol. The molecule has 17 heavy (non-hydrogen) atoms. The first-order valence-corrected chi connectivity index (χ1v) is 5.17. The largest absolute Gasteiger partial charge is 0.497 e. The average molecular weight is 232 g/mol. The van der Waals surface area contributed by atoms with Gasteiger partial charge in [0.15, 0.2) is 0 Å². The van der Waals surface area contributed by atoms with Crippen molar-refractivity contribution in [3.8, 4) is 11.4 Å². The van der Waals surface area contributed by atoms with Gasteiger partial charge in [-0.25, -0.2) is 4.68 Å². The number of benzene rings is 1. The van der Waals surface area contributed by atoms with Gasteiger partial charge in [-0.05, 0) is 18.6 Å². The summed E-state index contributed by atoms with van der Waals surface area (Å²) in [7, 11) is -0.0577. The highest BCUT2D eigenvalue weighted by Crippen LogP contribution is 2.15. The molecule has 2 aromatic rings. The molecule has 6 heteroatoms. The number of aryl methyl sites for hydroxylation is 1. The Morgan fingerprint density at radius 2 is 2.12 bits per heavy atom. The molecule has 0 aliphatic heterocycles. The first-order valence-electron chi connectivity index (χ1n) is 5.17. The first kappa shape index (κ1) is 11.7. The minimum atomic E-state index is -1.54. The Hall–Kier alpha value is -1.79. The molecule has 88 valence electrons. The molecule has 0 fully saturated rings. The van der Waals surface area contributed by atoms with E-state index in [0.717, 1.165) is 11.3 Å². The van der Waals surface area contributed by atoms with Crippen molar-refractivity contribution in [1.82, 2.24) is 9.78 Å². The van der Waals surface area contributed by atoms with Crippen LogP contribution in [0.5, 0.6) is 5.75 Å². The van der Waals surface area contributed by atoms with Crippen LogP contribution in [0.1, 0.15) is 5.56 Å². The molecule has 1 aromatic heterocycles. The van der Waals surface area contributed by atoms with Gasteiger partial charge in [0, 0.05) is 17.7 Å². The van der Waals surface area contributed by atoms with Gasteiger partial charge in [-0.15, -0.1) is 0 Å².